The summed E-state index contributed by atoms with van der Waals surface area (Å²) in [6, 6.07) is 12.0. The Morgan fingerprint density at radius 2 is 1.70 bits per heavy atom. The van der Waals surface area contributed by atoms with E-state index >= 15 is 0 Å². The summed E-state index contributed by atoms with van der Waals surface area (Å²) in [6.07, 6.45) is 3.06. The maximum atomic E-state index is 11.9. The molecule has 0 aliphatic heterocycles. The molecule has 0 saturated heterocycles. The number of carbonyl (C=O) groups excluding carboxylic acids is 2. The van der Waals surface area contributed by atoms with E-state index in [2.05, 4.69) is 10.6 Å². The van der Waals surface area contributed by atoms with Crippen molar-refractivity contribution < 1.29 is 9.59 Å². The quantitative estimate of drug-likeness (QED) is 0.793. The van der Waals surface area contributed by atoms with Crippen molar-refractivity contribution in [2.75, 3.05) is 10.6 Å². The predicted molar refractivity (Wildman–Crippen MR) is 94.9 cm³/mol. The van der Waals surface area contributed by atoms with Gasteiger partial charge in [-0.2, -0.15) is 0 Å². The summed E-state index contributed by atoms with van der Waals surface area (Å²) in [6.45, 7) is 1.44. The lowest BCUT2D eigenvalue weighted by molar-refractivity contribution is -0.114. The van der Waals surface area contributed by atoms with Crippen LogP contribution in [-0.4, -0.2) is 11.8 Å². The van der Waals surface area contributed by atoms with E-state index in [-0.39, 0.29) is 11.8 Å². The molecule has 2 amide bonds. The van der Waals surface area contributed by atoms with Gasteiger partial charge in [0.2, 0.25) is 11.8 Å². The van der Waals surface area contributed by atoms with Crippen molar-refractivity contribution in [3.8, 4) is 0 Å². The van der Waals surface area contributed by atoms with Crippen molar-refractivity contribution >= 4 is 52.5 Å². The second-order valence-corrected chi connectivity index (χ2v) is 5.59. The van der Waals surface area contributed by atoms with Gasteiger partial charge in [0.25, 0.3) is 0 Å². The first kappa shape index (κ1) is 17.1. The van der Waals surface area contributed by atoms with E-state index in [1.807, 2.05) is 0 Å². The molecule has 0 saturated carbocycles. The van der Waals surface area contributed by atoms with E-state index in [1.54, 1.807) is 48.5 Å². The molecule has 6 heteroatoms. The third-order valence-corrected chi connectivity index (χ3v) is 3.40. The minimum atomic E-state index is -0.305. The highest BCUT2D eigenvalue weighted by atomic mass is 35.5. The number of carbonyl (C=O) groups is 2. The zero-order chi connectivity index (χ0) is 16.8. The molecule has 2 N–H and O–H groups in total. The monoisotopic (exact) mass is 348 g/mol. The number of nitrogens with one attached hydrogen (secondary N) is 2. The molecular weight excluding hydrogens is 335 g/mol. The molecule has 0 aliphatic rings. The van der Waals surface area contributed by atoms with Crippen LogP contribution in [-0.2, 0) is 9.59 Å². The van der Waals surface area contributed by atoms with Crippen molar-refractivity contribution in [2.24, 2.45) is 0 Å². The van der Waals surface area contributed by atoms with Crippen LogP contribution >= 0.6 is 23.2 Å². The van der Waals surface area contributed by atoms with Crippen LogP contribution in [0.1, 0.15) is 12.5 Å². The fraction of sp³-hybridized carbons (Fsp3) is 0.0588. The lowest BCUT2D eigenvalue weighted by Gasteiger charge is -2.05. The molecule has 0 radical (unpaired) electrons. The van der Waals surface area contributed by atoms with Crippen LogP contribution in [0, 0.1) is 0 Å². The maximum absolute atomic E-state index is 11.9. The number of hydrogen-bond donors (Lipinski definition) is 2. The number of anilines is 2. The number of hydrogen-bond acceptors (Lipinski definition) is 2. The van der Waals surface area contributed by atoms with Gasteiger partial charge in [-0.1, -0.05) is 35.3 Å². The molecule has 0 spiro atoms. The highest BCUT2D eigenvalue weighted by Gasteiger charge is 2.03. The van der Waals surface area contributed by atoms with Gasteiger partial charge in [-0.3, -0.25) is 9.59 Å². The van der Waals surface area contributed by atoms with Crippen LogP contribution in [0.3, 0.4) is 0 Å². The SMILES string of the molecule is CC(=O)Nc1ccc(C=CC(=O)Nc2ccc(Cl)cc2Cl)cc1. The van der Waals surface area contributed by atoms with Crippen LogP contribution < -0.4 is 10.6 Å². The van der Waals surface area contributed by atoms with E-state index in [4.69, 9.17) is 23.2 Å². The standard InChI is InChI=1S/C17H14Cl2N2O2/c1-11(22)20-14-6-2-12(3-7-14)4-9-17(23)21-16-8-5-13(18)10-15(16)19/h2-10H,1H3,(H,20,22)(H,21,23). The molecule has 0 bridgehead atoms. The average Bonchev–Trinajstić information content (AvgIpc) is 2.49. The van der Waals surface area contributed by atoms with Crippen molar-refractivity contribution in [3.63, 3.8) is 0 Å². The molecule has 0 aromatic heterocycles. The van der Waals surface area contributed by atoms with Gasteiger partial charge in [-0.05, 0) is 42.0 Å². The van der Waals surface area contributed by atoms with Crippen LogP contribution in [0.25, 0.3) is 6.08 Å². The molecule has 4 nitrogen and oxygen atoms in total. The number of rotatable bonds is 4. The zero-order valence-electron chi connectivity index (χ0n) is 12.3. The Morgan fingerprint density at radius 1 is 1.00 bits per heavy atom. The lowest BCUT2D eigenvalue weighted by Crippen LogP contribution is -2.08. The maximum Gasteiger partial charge on any atom is 0.248 e. The minimum absolute atomic E-state index is 0.132. The minimum Gasteiger partial charge on any atom is -0.326 e. The number of benzene rings is 2. The molecule has 118 valence electrons. The van der Waals surface area contributed by atoms with Crippen LogP contribution in [0.2, 0.25) is 10.0 Å². The molecule has 0 atom stereocenters. The normalized spacial score (nSPS) is 10.6. The van der Waals surface area contributed by atoms with E-state index in [1.165, 1.54) is 13.0 Å². The summed E-state index contributed by atoms with van der Waals surface area (Å²) in [7, 11) is 0. The van der Waals surface area contributed by atoms with Crippen LogP contribution in [0.15, 0.2) is 48.5 Å². The number of halogens is 2. The number of amides is 2. The lowest BCUT2D eigenvalue weighted by atomic mass is 10.2. The molecule has 2 aromatic rings. The highest BCUT2D eigenvalue weighted by molar-refractivity contribution is 6.36. The summed E-state index contributed by atoms with van der Waals surface area (Å²) < 4.78 is 0. The Kier molecular flexibility index (Phi) is 5.79. The molecule has 0 heterocycles. The van der Waals surface area contributed by atoms with Crippen molar-refractivity contribution in [3.05, 3.63) is 64.1 Å². The second kappa shape index (κ2) is 7.81. The first-order valence-corrected chi connectivity index (χ1v) is 7.51. The fourth-order valence-electron chi connectivity index (χ4n) is 1.82. The topological polar surface area (TPSA) is 58.2 Å². The summed E-state index contributed by atoms with van der Waals surface area (Å²) in [5.41, 5.74) is 2.02. The van der Waals surface area contributed by atoms with Crippen molar-refractivity contribution in [2.45, 2.75) is 6.92 Å². The molecule has 2 aromatic carbocycles. The molecule has 0 fully saturated rings. The third-order valence-electron chi connectivity index (χ3n) is 2.85. The van der Waals surface area contributed by atoms with Gasteiger partial charge in [0.1, 0.15) is 0 Å². The van der Waals surface area contributed by atoms with Crippen molar-refractivity contribution in [1.29, 1.82) is 0 Å². The van der Waals surface area contributed by atoms with Gasteiger partial charge in [0, 0.05) is 23.7 Å². The summed E-state index contributed by atoms with van der Waals surface area (Å²) in [5, 5.41) is 6.22. The highest BCUT2D eigenvalue weighted by Crippen LogP contribution is 2.25. The van der Waals surface area contributed by atoms with Crippen molar-refractivity contribution in [1.82, 2.24) is 0 Å². The van der Waals surface area contributed by atoms with Gasteiger partial charge < -0.3 is 10.6 Å². The van der Waals surface area contributed by atoms with Crippen LogP contribution in [0.4, 0.5) is 11.4 Å². The first-order chi connectivity index (χ1) is 10.9. The molecule has 2 rings (SSSR count). The summed E-state index contributed by atoms with van der Waals surface area (Å²) >= 11 is 11.8. The summed E-state index contributed by atoms with van der Waals surface area (Å²) in [5.74, 6) is -0.437. The molecule has 23 heavy (non-hydrogen) atoms. The Balaban J connectivity index is 1.99. The molecule has 0 unspecified atom stereocenters. The van der Waals surface area contributed by atoms with E-state index in [0.29, 0.717) is 21.4 Å². The van der Waals surface area contributed by atoms with Gasteiger partial charge in [-0.15, -0.1) is 0 Å². The predicted octanol–water partition coefficient (Wildman–Crippen LogP) is 4.60. The Hall–Kier alpha value is -2.30. The Bertz CT molecular complexity index is 756. The van der Waals surface area contributed by atoms with E-state index < -0.39 is 0 Å². The largest absolute Gasteiger partial charge is 0.326 e. The van der Waals surface area contributed by atoms with Gasteiger partial charge in [0.05, 0.1) is 10.7 Å². The van der Waals surface area contributed by atoms with Gasteiger partial charge >= 0.3 is 0 Å². The second-order valence-electron chi connectivity index (χ2n) is 4.75. The van der Waals surface area contributed by atoms with E-state index in [0.717, 1.165) is 5.56 Å². The Labute approximate surface area is 144 Å². The zero-order valence-corrected chi connectivity index (χ0v) is 13.8. The summed E-state index contributed by atoms with van der Waals surface area (Å²) in [4.78, 5) is 22.8. The van der Waals surface area contributed by atoms with Crippen LogP contribution in [0.5, 0.6) is 0 Å². The molecular formula is C17H14Cl2N2O2. The molecule has 0 aliphatic carbocycles. The van der Waals surface area contributed by atoms with Gasteiger partial charge in [0.15, 0.2) is 0 Å². The fourth-order valence-corrected chi connectivity index (χ4v) is 2.27. The average molecular weight is 349 g/mol. The first-order valence-electron chi connectivity index (χ1n) is 6.76. The van der Waals surface area contributed by atoms with E-state index in [9.17, 15) is 9.59 Å². The smallest absolute Gasteiger partial charge is 0.248 e. The third kappa shape index (κ3) is 5.43. The Morgan fingerprint density at radius 3 is 2.30 bits per heavy atom. The van der Waals surface area contributed by atoms with Gasteiger partial charge in [-0.25, -0.2) is 0 Å².